The molecule has 0 spiro atoms. The SMILES string of the molecule is CC.CCc1cc2c(=O)cc(/C=C/CC(=O)O)oc2cc1OC. The molecule has 5 heteroatoms. The number of hydrogen-bond acceptors (Lipinski definition) is 4. The van der Waals surface area contributed by atoms with Crippen molar-refractivity contribution in [3.8, 4) is 5.75 Å². The number of carboxylic acids is 1. The summed E-state index contributed by atoms with van der Waals surface area (Å²) in [7, 11) is 1.56. The van der Waals surface area contributed by atoms with Gasteiger partial charge < -0.3 is 14.3 Å². The van der Waals surface area contributed by atoms with Crippen molar-refractivity contribution in [2.45, 2.75) is 33.6 Å². The average Bonchev–Trinajstić information content (AvgIpc) is 2.55. The van der Waals surface area contributed by atoms with Crippen molar-refractivity contribution in [2.24, 2.45) is 0 Å². The first-order valence-corrected chi connectivity index (χ1v) is 7.58. The van der Waals surface area contributed by atoms with Gasteiger partial charge in [0, 0.05) is 12.1 Å². The van der Waals surface area contributed by atoms with Gasteiger partial charge in [0.2, 0.25) is 0 Å². The van der Waals surface area contributed by atoms with Crippen molar-refractivity contribution in [2.75, 3.05) is 7.11 Å². The van der Waals surface area contributed by atoms with Crippen molar-refractivity contribution in [3.05, 3.63) is 45.8 Å². The van der Waals surface area contributed by atoms with Gasteiger partial charge >= 0.3 is 5.97 Å². The lowest BCUT2D eigenvalue weighted by molar-refractivity contribution is -0.135. The molecule has 0 bridgehead atoms. The molecule has 0 atom stereocenters. The molecule has 5 nitrogen and oxygen atoms in total. The number of aliphatic carboxylic acids is 1. The first kappa shape index (κ1) is 18.5. The molecule has 1 aromatic heterocycles. The van der Waals surface area contributed by atoms with Gasteiger partial charge in [0.05, 0.1) is 18.9 Å². The Hall–Kier alpha value is -2.56. The van der Waals surface area contributed by atoms with E-state index in [0.29, 0.717) is 22.5 Å². The Morgan fingerprint density at radius 3 is 2.57 bits per heavy atom. The standard InChI is InChI=1S/C16H16O5.C2H6/c1-3-10-7-12-13(17)8-11(5-4-6-16(18)19)21-15(12)9-14(10)20-2;1-2/h4-5,7-9H,3,6H2,1-2H3,(H,18,19);1-2H3/b5-4+;. The summed E-state index contributed by atoms with van der Waals surface area (Å²) in [4.78, 5) is 22.6. The van der Waals surface area contributed by atoms with E-state index in [-0.39, 0.29) is 11.8 Å². The quantitative estimate of drug-likeness (QED) is 0.905. The molecular weight excluding hydrogens is 296 g/mol. The third-order valence-electron chi connectivity index (χ3n) is 3.10. The Labute approximate surface area is 135 Å². The van der Waals surface area contributed by atoms with Gasteiger partial charge in [-0.25, -0.2) is 0 Å². The predicted octanol–water partition coefficient (Wildman–Crippen LogP) is 3.88. The third kappa shape index (κ3) is 4.71. The van der Waals surface area contributed by atoms with E-state index < -0.39 is 5.97 Å². The van der Waals surface area contributed by atoms with Crippen LogP contribution in [0.5, 0.6) is 5.75 Å². The summed E-state index contributed by atoms with van der Waals surface area (Å²) < 4.78 is 10.9. The lowest BCUT2D eigenvalue weighted by Gasteiger charge is -2.08. The number of hydrogen-bond donors (Lipinski definition) is 1. The predicted molar refractivity (Wildman–Crippen MR) is 91.0 cm³/mol. The Balaban J connectivity index is 0.00000127. The van der Waals surface area contributed by atoms with E-state index in [9.17, 15) is 9.59 Å². The fourth-order valence-electron chi connectivity index (χ4n) is 2.07. The molecule has 1 aromatic carbocycles. The summed E-state index contributed by atoms with van der Waals surface area (Å²) in [6.07, 6.45) is 3.54. The zero-order valence-corrected chi connectivity index (χ0v) is 13.9. The Morgan fingerprint density at radius 2 is 2.00 bits per heavy atom. The monoisotopic (exact) mass is 318 g/mol. The van der Waals surface area contributed by atoms with E-state index in [1.165, 1.54) is 18.2 Å². The van der Waals surface area contributed by atoms with Crippen LogP contribution in [0.4, 0.5) is 0 Å². The minimum absolute atomic E-state index is 0.125. The number of aryl methyl sites for hydroxylation is 1. The van der Waals surface area contributed by atoms with Crippen LogP contribution in [0, 0.1) is 0 Å². The summed E-state index contributed by atoms with van der Waals surface area (Å²) in [5, 5.41) is 9.07. The van der Waals surface area contributed by atoms with Crippen LogP contribution in [0.3, 0.4) is 0 Å². The van der Waals surface area contributed by atoms with Crippen LogP contribution < -0.4 is 10.2 Å². The summed E-state index contributed by atoms with van der Waals surface area (Å²) in [6.45, 7) is 5.98. The van der Waals surface area contributed by atoms with Gasteiger partial charge in [-0.15, -0.1) is 0 Å². The maximum Gasteiger partial charge on any atom is 0.307 e. The van der Waals surface area contributed by atoms with E-state index in [1.54, 1.807) is 19.2 Å². The van der Waals surface area contributed by atoms with Crippen LogP contribution in [0.15, 0.2) is 33.5 Å². The second-order valence-corrected chi connectivity index (χ2v) is 4.53. The maximum absolute atomic E-state index is 12.1. The summed E-state index contributed by atoms with van der Waals surface area (Å²) in [6, 6.07) is 4.81. The highest BCUT2D eigenvalue weighted by atomic mass is 16.5. The average molecular weight is 318 g/mol. The molecule has 23 heavy (non-hydrogen) atoms. The third-order valence-corrected chi connectivity index (χ3v) is 3.10. The normalized spacial score (nSPS) is 10.4. The molecule has 1 N–H and O–H groups in total. The number of fused-ring (bicyclic) bond motifs is 1. The topological polar surface area (TPSA) is 76.7 Å². The van der Waals surface area contributed by atoms with Crippen molar-refractivity contribution in [1.82, 2.24) is 0 Å². The molecule has 0 radical (unpaired) electrons. The molecule has 0 saturated carbocycles. The van der Waals surface area contributed by atoms with Crippen LogP contribution >= 0.6 is 0 Å². The number of ether oxygens (including phenoxy) is 1. The maximum atomic E-state index is 12.1. The van der Waals surface area contributed by atoms with Crippen LogP contribution in [-0.2, 0) is 11.2 Å². The van der Waals surface area contributed by atoms with Gasteiger partial charge in [-0.05, 0) is 24.1 Å². The molecule has 0 aliphatic rings. The van der Waals surface area contributed by atoms with Gasteiger partial charge in [0.1, 0.15) is 17.1 Å². The molecule has 0 aliphatic heterocycles. The molecule has 2 rings (SSSR count). The van der Waals surface area contributed by atoms with E-state index >= 15 is 0 Å². The molecule has 124 valence electrons. The number of carboxylic acid groups (broad SMARTS) is 1. The van der Waals surface area contributed by atoms with Crippen LogP contribution in [-0.4, -0.2) is 18.2 Å². The van der Waals surface area contributed by atoms with Gasteiger partial charge in [-0.1, -0.05) is 26.8 Å². The smallest absolute Gasteiger partial charge is 0.307 e. The Morgan fingerprint density at radius 1 is 1.30 bits per heavy atom. The second-order valence-electron chi connectivity index (χ2n) is 4.53. The molecular formula is C18H22O5. The Kier molecular flexibility index (Phi) is 7.06. The molecule has 2 aromatic rings. The number of carbonyl (C=O) groups is 1. The minimum atomic E-state index is -0.941. The largest absolute Gasteiger partial charge is 0.496 e. The molecule has 0 unspecified atom stereocenters. The molecule has 0 aliphatic carbocycles. The van der Waals surface area contributed by atoms with Gasteiger partial charge in [-0.3, -0.25) is 9.59 Å². The van der Waals surface area contributed by atoms with Crippen LogP contribution in [0.2, 0.25) is 0 Å². The van der Waals surface area contributed by atoms with Crippen molar-refractivity contribution < 1.29 is 19.1 Å². The zero-order chi connectivity index (χ0) is 17.4. The fraction of sp³-hybridized carbons (Fsp3) is 0.333. The highest BCUT2D eigenvalue weighted by Crippen LogP contribution is 2.25. The zero-order valence-electron chi connectivity index (χ0n) is 13.9. The molecule has 0 saturated heterocycles. The second kappa shape index (κ2) is 8.78. The fourth-order valence-corrected chi connectivity index (χ4v) is 2.07. The first-order chi connectivity index (χ1) is 11.0. The summed E-state index contributed by atoms with van der Waals surface area (Å²) in [5.41, 5.74) is 1.20. The van der Waals surface area contributed by atoms with Crippen molar-refractivity contribution in [3.63, 3.8) is 0 Å². The van der Waals surface area contributed by atoms with E-state index in [4.69, 9.17) is 14.3 Å². The lowest BCUT2D eigenvalue weighted by Crippen LogP contribution is -2.02. The highest BCUT2D eigenvalue weighted by Gasteiger charge is 2.09. The van der Waals surface area contributed by atoms with E-state index in [0.717, 1.165) is 12.0 Å². The molecule has 0 amide bonds. The van der Waals surface area contributed by atoms with E-state index in [2.05, 4.69) is 0 Å². The van der Waals surface area contributed by atoms with Gasteiger partial charge in [0.15, 0.2) is 5.43 Å². The molecule has 1 heterocycles. The Bertz CT molecular complexity index is 756. The number of rotatable bonds is 5. The van der Waals surface area contributed by atoms with Crippen LogP contribution in [0.1, 0.15) is 38.5 Å². The minimum Gasteiger partial charge on any atom is -0.496 e. The lowest BCUT2D eigenvalue weighted by atomic mass is 10.1. The van der Waals surface area contributed by atoms with E-state index in [1.807, 2.05) is 20.8 Å². The van der Waals surface area contributed by atoms with Crippen LogP contribution in [0.25, 0.3) is 17.0 Å². The van der Waals surface area contributed by atoms with Gasteiger partial charge in [0.25, 0.3) is 0 Å². The van der Waals surface area contributed by atoms with Gasteiger partial charge in [-0.2, -0.15) is 0 Å². The van der Waals surface area contributed by atoms with Crippen molar-refractivity contribution in [1.29, 1.82) is 0 Å². The number of methoxy groups -OCH3 is 1. The summed E-state index contributed by atoms with van der Waals surface area (Å²) in [5.74, 6) is 0.0449. The summed E-state index contributed by atoms with van der Waals surface area (Å²) >= 11 is 0. The first-order valence-electron chi connectivity index (χ1n) is 7.58. The highest BCUT2D eigenvalue weighted by molar-refractivity contribution is 5.80. The van der Waals surface area contributed by atoms with Crippen molar-refractivity contribution >= 4 is 23.0 Å². The molecule has 0 fully saturated rings. The number of benzene rings is 1.